The van der Waals surface area contributed by atoms with E-state index in [1.165, 1.54) is 0 Å². The molecular weight excluding hydrogens is 240 g/mol. The molecule has 3 rings (SSSR count). The van der Waals surface area contributed by atoms with Crippen LogP contribution in [0, 0.1) is 6.73 Å². The molecule has 1 saturated heterocycles. The lowest BCUT2D eigenvalue weighted by molar-refractivity contribution is 0.0973. The summed E-state index contributed by atoms with van der Waals surface area (Å²) in [5, 5.41) is 3.60. The molecule has 19 heavy (non-hydrogen) atoms. The van der Waals surface area contributed by atoms with Crippen molar-refractivity contribution in [2.75, 3.05) is 17.6 Å². The molecule has 0 unspecified atom stereocenters. The third-order valence-corrected chi connectivity index (χ3v) is 2.68. The van der Waals surface area contributed by atoms with E-state index in [4.69, 9.17) is 4.74 Å². The molecule has 1 aliphatic rings. The quantitative estimate of drug-likeness (QED) is 0.879. The third-order valence-electron chi connectivity index (χ3n) is 2.68. The lowest BCUT2D eigenvalue weighted by atomic mass is 10.3. The van der Waals surface area contributed by atoms with Gasteiger partial charge in [0, 0.05) is 0 Å². The van der Waals surface area contributed by atoms with Crippen LogP contribution in [0.5, 0.6) is 0 Å². The van der Waals surface area contributed by atoms with Crippen LogP contribution in [-0.2, 0) is 4.74 Å². The summed E-state index contributed by atoms with van der Waals surface area (Å²) >= 11 is 0. The third kappa shape index (κ3) is 3.03. The van der Waals surface area contributed by atoms with Gasteiger partial charge in [0.05, 0.1) is 11.4 Å². The first-order chi connectivity index (χ1) is 9.42. The Morgan fingerprint density at radius 2 is 1.37 bits per heavy atom. The second-order valence-electron chi connectivity index (χ2n) is 4.10. The summed E-state index contributed by atoms with van der Waals surface area (Å²) in [7, 11) is 0. The van der Waals surface area contributed by atoms with Crippen molar-refractivity contribution in [3.63, 3.8) is 0 Å². The molecule has 1 fully saturated rings. The highest BCUT2D eigenvalue weighted by Gasteiger charge is 2.23. The fourth-order valence-electron chi connectivity index (χ4n) is 1.77. The highest BCUT2D eigenvalue weighted by Crippen LogP contribution is 2.17. The Morgan fingerprint density at radius 3 is 2.00 bits per heavy atom. The summed E-state index contributed by atoms with van der Waals surface area (Å²) in [6.07, 6.45) is 0. The molecule has 1 radical (unpaired) electrons. The van der Waals surface area contributed by atoms with E-state index in [0.29, 0.717) is 6.73 Å². The van der Waals surface area contributed by atoms with Crippen LogP contribution in [0.25, 0.3) is 0 Å². The van der Waals surface area contributed by atoms with Crippen LogP contribution in [0.1, 0.15) is 0 Å². The molecule has 0 aliphatic carbocycles. The molecule has 0 aromatic heterocycles. The maximum absolute atomic E-state index is 5.32. The molecule has 0 amide bonds. The van der Waals surface area contributed by atoms with Crippen molar-refractivity contribution < 1.29 is 4.74 Å². The Hall–Kier alpha value is -2.08. The summed E-state index contributed by atoms with van der Waals surface area (Å²) in [5.74, 6) is 0. The normalized spacial score (nSPS) is 16.4. The van der Waals surface area contributed by atoms with Crippen LogP contribution in [0.3, 0.4) is 0 Å². The minimum atomic E-state index is 0.439. The topological polar surface area (TPSA) is 39.8 Å². The average Bonchev–Trinajstić information content (AvgIpc) is 2.88. The van der Waals surface area contributed by atoms with E-state index < -0.39 is 0 Å². The van der Waals surface area contributed by atoms with Crippen molar-refractivity contribution in [3.05, 3.63) is 67.4 Å². The SMILES string of the molecule is [CH]1OCN(Nc2ccccc2)N1Nc1ccccc1. The Kier molecular flexibility index (Phi) is 3.60. The maximum Gasteiger partial charge on any atom is 0.189 e. The van der Waals surface area contributed by atoms with Gasteiger partial charge in [-0.25, -0.2) is 0 Å². The van der Waals surface area contributed by atoms with Gasteiger partial charge in [-0.15, -0.1) is 10.2 Å². The monoisotopic (exact) mass is 255 g/mol. The number of para-hydroxylation sites is 2. The molecular formula is C14H15N4O. The summed E-state index contributed by atoms with van der Waals surface area (Å²) in [5.41, 5.74) is 8.47. The van der Waals surface area contributed by atoms with Crippen LogP contribution >= 0.6 is 0 Å². The number of nitrogens with zero attached hydrogens (tertiary/aromatic N) is 2. The van der Waals surface area contributed by atoms with Crippen LogP contribution in [0.4, 0.5) is 11.4 Å². The van der Waals surface area contributed by atoms with E-state index in [1.54, 1.807) is 11.8 Å². The van der Waals surface area contributed by atoms with Crippen LogP contribution in [0.2, 0.25) is 0 Å². The van der Waals surface area contributed by atoms with Crippen molar-refractivity contribution in [3.8, 4) is 0 Å². The first kappa shape index (κ1) is 12.0. The zero-order chi connectivity index (χ0) is 12.9. The van der Waals surface area contributed by atoms with Gasteiger partial charge in [-0.3, -0.25) is 0 Å². The average molecular weight is 255 g/mol. The lowest BCUT2D eigenvalue weighted by Crippen LogP contribution is -2.42. The molecule has 2 N–H and O–H groups in total. The predicted octanol–water partition coefficient (Wildman–Crippen LogP) is 2.67. The van der Waals surface area contributed by atoms with Gasteiger partial charge in [0.15, 0.2) is 6.73 Å². The molecule has 2 aromatic carbocycles. The largest absolute Gasteiger partial charge is 0.337 e. The molecule has 0 saturated carbocycles. The maximum atomic E-state index is 5.32. The zero-order valence-electron chi connectivity index (χ0n) is 10.4. The molecule has 1 heterocycles. The summed E-state index contributed by atoms with van der Waals surface area (Å²) < 4.78 is 5.32. The number of nitrogens with one attached hydrogen (secondary N) is 2. The molecule has 2 aromatic rings. The summed E-state index contributed by atoms with van der Waals surface area (Å²) in [6, 6.07) is 19.9. The second-order valence-corrected chi connectivity index (χ2v) is 4.10. The van der Waals surface area contributed by atoms with Gasteiger partial charge < -0.3 is 15.6 Å². The number of hydrogen-bond donors (Lipinski definition) is 2. The molecule has 0 spiro atoms. The number of hydrazine groups is 3. The Morgan fingerprint density at radius 1 is 0.789 bits per heavy atom. The van der Waals surface area contributed by atoms with Gasteiger partial charge >= 0.3 is 0 Å². The van der Waals surface area contributed by atoms with Crippen molar-refractivity contribution in [2.45, 2.75) is 0 Å². The summed E-state index contributed by atoms with van der Waals surface area (Å²) in [4.78, 5) is 0. The molecule has 1 aliphatic heterocycles. The Bertz CT molecular complexity index is 458. The summed E-state index contributed by atoms with van der Waals surface area (Å²) in [6.45, 7) is 2.07. The van der Waals surface area contributed by atoms with Gasteiger partial charge in [0.2, 0.25) is 0 Å². The predicted molar refractivity (Wildman–Crippen MR) is 74.1 cm³/mol. The van der Waals surface area contributed by atoms with Crippen molar-refractivity contribution in [1.29, 1.82) is 0 Å². The smallest absolute Gasteiger partial charge is 0.189 e. The minimum Gasteiger partial charge on any atom is -0.337 e. The molecule has 97 valence electrons. The number of hydrogen-bond acceptors (Lipinski definition) is 5. The van der Waals surface area contributed by atoms with Gasteiger partial charge in [0.25, 0.3) is 0 Å². The highest BCUT2D eigenvalue weighted by molar-refractivity contribution is 5.43. The molecule has 5 nitrogen and oxygen atoms in total. The standard InChI is InChI=1S/C14H15N4O/c1-3-7-13(8-4-1)15-17-11-19-12-18(17)16-14-9-5-2-6-10-14/h1-11,15-16H,12H2. The minimum absolute atomic E-state index is 0.439. The van der Waals surface area contributed by atoms with Crippen molar-refractivity contribution >= 4 is 11.4 Å². The van der Waals surface area contributed by atoms with Gasteiger partial charge in [0.1, 0.15) is 6.73 Å². The lowest BCUT2D eigenvalue weighted by Gasteiger charge is -2.27. The Balaban J connectivity index is 1.65. The van der Waals surface area contributed by atoms with E-state index in [9.17, 15) is 0 Å². The fraction of sp³-hybridized carbons (Fsp3) is 0.0714. The van der Waals surface area contributed by atoms with E-state index in [2.05, 4.69) is 10.9 Å². The molecule has 0 bridgehead atoms. The van der Waals surface area contributed by atoms with Crippen LogP contribution in [-0.4, -0.2) is 17.0 Å². The van der Waals surface area contributed by atoms with Gasteiger partial charge in [-0.2, -0.15) is 0 Å². The number of benzene rings is 2. The van der Waals surface area contributed by atoms with E-state index in [-0.39, 0.29) is 0 Å². The molecule has 5 heteroatoms. The van der Waals surface area contributed by atoms with Gasteiger partial charge in [-0.05, 0) is 24.3 Å². The van der Waals surface area contributed by atoms with E-state index >= 15 is 0 Å². The zero-order valence-corrected chi connectivity index (χ0v) is 10.4. The number of rotatable bonds is 4. The second kappa shape index (κ2) is 5.71. The first-order valence-electron chi connectivity index (χ1n) is 6.07. The van der Waals surface area contributed by atoms with Crippen molar-refractivity contribution in [1.82, 2.24) is 10.2 Å². The van der Waals surface area contributed by atoms with E-state index in [0.717, 1.165) is 11.4 Å². The van der Waals surface area contributed by atoms with Crippen molar-refractivity contribution in [2.24, 2.45) is 0 Å². The number of anilines is 2. The van der Waals surface area contributed by atoms with Crippen LogP contribution < -0.4 is 10.9 Å². The van der Waals surface area contributed by atoms with E-state index in [1.807, 2.05) is 65.8 Å². The number of ether oxygens (including phenoxy) is 1. The highest BCUT2D eigenvalue weighted by atomic mass is 16.6. The van der Waals surface area contributed by atoms with Crippen LogP contribution in [0.15, 0.2) is 60.7 Å². The van der Waals surface area contributed by atoms with Gasteiger partial charge in [-0.1, -0.05) is 36.4 Å². The Labute approximate surface area is 112 Å². The first-order valence-corrected chi connectivity index (χ1v) is 6.07. The molecule has 0 atom stereocenters. The fourth-order valence-corrected chi connectivity index (χ4v) is 1.77.